The Kier molecular flexibility index (Phi) is 4.99. The number of thioether (sulfide) groups is 1. The summed E-state index contributed by atoms with van der Waals surface area (Å²) >= 11 is 12.7. The van der Waals surface area contributed by atoms with Crippen LogP contribution in [0.25, 0.3) is 11.1 Å². The Morgan fingerprint density at radius 2 is 1.96 bits per heavy atom. The molecule has 2 aromatic carbocycles. The third-order valence-corrected chi connectivity index (χ3v) is 4.58. The Hall–Kier alpha value is -1.76. The van der Waals surface area contributed by atoms with Crippen LogP contribution < -0.4 is 5.32 Å². The molecule has 1 amide bonds. The van der Waals surface area contributed by atoms with Crippen molar-refractivity contribution in [2.45, 2.75) is 17.4 Å². The first-order valence-corrected chi connectivity index (χ1v) is 8.54. The van der Waals surface area contributed by atoms with Crippen LogP contribution in [0.5, 0.6) is 0 Å². The van der Waals surface area contributed by atoms with Gasteiger partial charge in [-0.25, -0.2) is 9.37 Å². The van der Waals surface area contributed by atoms with Gasteiger partial charge in [0.15, 0.2) is 5.58 Å². The van der Waals surface area contributed by atoms with Gasteiger partial charge in [0.25, 0.3) is 5.22 Å². The highest BCUT2D eigenvalue weighted by atomic mass is 35.5. The van der Waals surface area contributed by atoms with Crippen molar-refractivity contribution in [2.75, 3.05) is 5.32 Å². The van der Waals surface area contributed by atoms with E-state index in [2.05, 4.69) is 10.3 Å². The third kappa shape index (κ3) is 3.83. The van der Waals surface area contributed by atoms with Crippen molar-refractivity contribution in [1.82, 2.24) is 4.98 Å². The molecule has 0 bridgehead atoms. The average Bonchev–Trinajstić information content (AvgIpc) is 2.91. The van der Waals surface area contributed by atoms with E-state index in [1.807, 2.05) is 0 Å². The van der Waals surface area contributed by atoms with E-state index in [9.17, 15) is 9.18 Å². The van der Waals surface area contributed by atoms with Crippen molar-refractivity contribution in [3.63, 3.8) is 0 Å². The number of aromatic nitrogens is 1. The van der Waals surface area contributed by atoms with Crippen LogP contribution in [-0.2, 0) is 4.79 Å². The van der Waals surface area contributed by atoms with E-state index in [0.29, 0.717) is 21.3 Å². The van der Waals surface area contributed by atoms with Crippen LogP contribution in [0.15, 0.2) is 46.0 Å². The second-order valence-corrected chi connectivity index (χ2v) is 7.13. The van der Waals surface area contributed by atoms with E-state index in [4.69, 9.17) is 27.6 Å². The Labute approximate surface area is 151 Å². The van der Waals surface area contributed by atoms with Crippen molar-refractivity contribution in [2.24, 2.45) is 0 Å². The molecule has 1 N–H and O–H groups in total. The summed E-state index contributed by atoms with van der Waals surface area (Å²) in [6, 6.07) is 9.15. The molecule has 24 heavy (non-hydrogen) atoms. The predicted octanol–water partition coefficient (Wildman–Crippen LogP) is 5.39. The minimum absolute atomic E-state index is 0.0706. The smallest absolute Gasteiger partial charge is 0.257 e. The Balaban J connectivity index is 1.70. The molecule has 3 rings (SSSR count). The normalized spacial score (nSPS) is 12.3. The highest BCUT2D eigenvalue weighted by molar-refractivity contribution is 8.00. The number of carbonyl (C=O) groups excluding carboxylic acids is 1. The lowest BCUT2D eigenvalue weighted by molar-refractivity contribution is -0.115. The zero-order chi connectivity index (χ0) is 17.3. The Morgan fingerprint density at radius 3 is 2.71 bits per heavy atom. The van der Waals surface area contributed by atoms with Crippen LogP contribution in [0, 0.1) is 5.82 Å². The molecule has 0 aliphatic rings. The minimum Gasteiger partial charge on any atom is -0.431 e. The lowest BCUT2D eigenvalue weighted by Crippen LogP contribution is -2.22. The maximum absolute atomic E-state index is 13.7. The Morgan fingerprint density at radius 1 is 1.25 bits per heavy atom. The third-order valence-electron chi connectivity index (χ3n) is 3.17. The first kappa shape index (κ1) is 17.1. The monoisotopic (exact) mass is 384 g/mol. The van der Waals surface area contributed by atoms with E-state index in [-0.39, 0.29) is 16.6 Å². The van der Waals surface area contributed by atoms with E-state index < -0.39 is 11.1 Å². The molecule has 4 nitrogen and oxygen atoms in total. The SMILES string of the molecule is C[C@@H](Sc1nc2ccc(Cl)cc2o1)C(=O)Nc1ccc(Cl)cc1F. The standard InChI is InChI=1S/C16H11Cl2FN2O2S/c1-8(15(22)20-12-4-2-9(17)6-11(12)19)24-16-21-13-5-3-10(18)7-14(13)23-16/h2-8H,1H3,(H,20,22)/t8-/m1/s1. The number of nitrogens with one attached hydrogen (secondary N) is 1. The van der Waals surface area contributed by atoms with Gasteiger partial charge < -0.3 is 9.73 Å². The van der Waals surface area contributed by atoms with Gasteiger partial charge in [0.05, 0.1) is 10.9 Å². The lowest BCUT2D eigenvalue weighted by atomic mass is 10.3. The van der Waals surface area contributed by atoms with Crippen LogP contribution in [0.3, 0.4) is 0 Å². The maximum Gasteiger partial charge on any atom is 0.257 e. The number of hydrogen-bond acceptors (Lipinski definition) is 4. The van der Waals surface area contributed by atoms with Gasteiger partial charge in [-0.05, 0) is 37.3 Å². The number of amides is 1. The quantitative estimate of drug-likeness (QED) is 0.612. The number of nitrogens with zero attached hydrogens (tertiary/aromatic N) is 1. The maximum atomic E-state index is 13.7. The summed E-state index contributed by atoms with van der Waals surface area (Å²) in [6.45, 7) is 1.68. The number of oxazole rings is 1. The van der Waals surface area contributed by atoms with Crippen LogP contribution >= 0.6 is 35.0 Å². The van der Waals surface area contributed by atoms with Gasteiger partial charge in [-0.15, -0.1) is 0 Å². The summed E-state index contributed by atoms with van der Waals surface area (Å²) in [5.41, 5.74) is 1.26. The van der Waals surface area contributed by atoms with Crippen molar-refractivity contribution in [1.29, 1.82) is 0 Å². The number of fused-ring (bicyclic) bond motifs is 1. The predicted molar refractivity (Wildman–Crippen MR) is 94.4 cm³/mol. The average molecular weight is 385 g/mol. The fraction of sp³-hybridized carbons (Fsp3) is 0.125. The molecule has 0 saturated carbocycles. The van der Waals surface area contributed by atoms with Gasteiger partial charge in [-0.3, -0.25) is 4.79 Å². The van der Waals surface area contributed by atoms with Crippen LogP contribution in [0.4, 0.5) is 10.1 Å². The van der Waals surface area contributed by atoms with Gasteiger partial charge >= 0.3 is 0 Å². The molecule has 124 valence electrons. The molecule has 1 heterocycles. The second-order valence-electron chi connectivity index (χ2n) is 4.97. The molecular weight excluding hydrogens is 374 g/mol. The molecule has 0 spiro atoms. The summed E-state index contributed by atoms with van der Waals surface area (Å²) < 4.78 is 19.3. The first-order chi connectivity index (χ1) is 11.4. The summed E-state index contributed by atoms with van der Waals surface area (Å²) in [6.07, 6.45) is 0. The van der Waals surface area contributed by atoms with E-state index in [1.165, 1.54) is 12.1 Å². The highest BCUT2D eigenvalue weighted by Gasteiger charge is 2.19. The summed E-state index contributed by atoms with van der Waals surface area (Å²) in [5, 5.41) is 3.12. The van der Waals surface area contributed by atoms with Gasteiger partial charge in [-0.1, -0.05) is 35.0 Å². The second kappa shape index (κ2) is 7.01. The fourth-order valence-corrected chi connectivity index (χ4v) is 3.04. The van der Waals surface area contributed by atoms with Crippen molar-refractivity contribution in [3.8, 4) is 0 Å². The van der Waals surface area contributed by atoms with E-state index >= 15 is 0 Å². The topological polar surface area (TPSA) is 55.1 Å². The van der Waals surface area contributed by atoms with Crippen LogP contribution in [0.1, 0.15) is 6.92 Å². The summed E-state index contributed by atoms with van der Waals surface area (Å²) in [4.78, 5) is 16.5. The van der Waals surface area contributed by atoms with Gasteiger partial charge in [0, 0.05) is 16.1 Å². The first-order valence-electron chi connectivity index (χ1n) is 6.91. The summed E-state index contributed by atoms with van der Waals surface area (Å²) in [7, 11) is 0. The molecule has 0 aliphatic heterocycles. The molecule has 8 heteroatoms. The van der Waals surface area contributed by atoms with Crippen LogP contribution in [-0.4, -0.2) is 16.1 Å². The van der Waals surface area contributed by atoms with Gasteiger partial charge in [-0.2, -0.15) is 0 Å². The molecule has 0 radical (unpaired) electrons. The molecule has 0 fully saturated rings. The number of benzene rings is 2. The summed E-state index contributed by atoms with van der Waals surface area (Å²) in [5.74, 6) is -0.967. The molecule has 0 unspecified atom stereocenters. The number of rotatable bonds is 4. The number of halogens is 3. The fourth-order valence-electron chi connectivity index (χ4n) is 1.96. The van der Waals surface area contributed by atoms with Crippen molar-refractivity contribution < 1.29 is 13.6 Å². The largest absolute Gasteiger partial charge is 0.431 e. The highest BCUT2D eigenvalue weighted by Crippen LogP contribution is 2.29. The molecule has 1 atom stereocenters. The number of hydrogen-bond donors (Lipinski definition) is 1. The van der Waals surface area contributed by atoms with Gasteiger partial charge in [0.2, 0.25) is 5.91 Å². The van der Waals surface area contributed by atoms with Gasteiger partial charge in [0.1, 0.15) is 11.3 Å². The molecule has 0 aliphatic carbocycles. The lowest BCUT2D eigenvalue weighted by Gasteiger charge is -2.10. The zero-order valence-electron chi connectivity index (χ0n) is 12.3. The number of anilines is 1. The number of carbonyl (C=O) groups is 1. The van der Waals surface area contributed by atoms with Crippen molar-refractivity contribution >= 4 is 57.7 Å². The van der Waals surface area contributed by atoms with Crippen LogP contribution in [0.2, 0.25) is 10.0 Å². The molecule has 1 aromatic heterocycles. The zero-order valence-corrected chi connectivity index (χ0v) is 14.7. The van der Waals surface area contributed by atoms with Crippen molar-refractivity contribution in [3.05, 3.63) is 52.3 Å². The Bertz CT molecular complexity index is 916. The molecule has 3 aromatic rings. The van der Waals surface area contributed by atoms with E-state index in [1.54, 1.807) is 25.1 Å². The molecule has 0 saturated heterocycles. The molecular formula is C16H11Cl2FN2O2S. The van der Waals surface area contributed by atoms with E-state index in [0.717, 1.165) is 17.8 Å². The minimum atomic E-state index is -0.593.